The van der Waals surface area contributed by atoms with Crippen molar-refractivity contribution in [2.75, 3.05) is 5.32 Å². The number of fused-ring (bicyclic) bond motifs is 1. The minimum atomic E-state index is -0.665. The SMILES string of the molecule is Cc1ccc(OC(C)C(=O)Nc2nc3ccc(F)cc3s2)cc1. The molecule has 118 valence electrons. The summed E-state index contributed by atoms with van der Waals surface area (Å²) in [5, 5.41) is 3.13. The van der Waals surface area contributed by atoms with Crippen LogP contribution in [-0.2, 0) is 4.79 Å². The minimum Gasteiger partial charge on any atom is -0.481 e. The first-order valence-electron chi connectivity index (χ1n) is 7.11. The Morgan fingerprint density at radius 1 is 1.26 bits per heavy atom. The van der Waals surface area contributed by atoms with Crippen molar-refractivity contribution in [3.63, 3.8) is 0 Å². The van der Waals surface area contributed by atoms with E-state index >= 15 is 0 Å². The van der Waals surface area contributed by atoms with Crippen molar-refractivity contribution in [3.8, 4) is 5.75 Å². The molecule has 2 aromatic carbocycles. The lowest BCUT2D eigenvalue weighted by Crippen LogP contribution is -2.30. The molecule has 1 atom stereocenters. The van der Waals surface area contributed by atoms with Gasteiger partial charge in [-0.2, -0.15) is 0 Å². The smallest absolute Gasteiger partial charge is 0.266 e. The molecule has 0 aliphatic carbocycles. The van der Waals surface area contributed by atoms with Crippen molar-refractivity contribution in [3.05, 3.63) is 53.8 Å². The summed E-state index contributed by atoms with van der Waals surface area (Å²) in [7, 11) is 0. The molecule has 1 amide bonds. The lowest BCUT2D eigenvalue weighted by atomic mass is 10.2. The highest BCUT2D eigenvalue weighted by atomic mass is 32.1. The van der Waals surface area contributed by atoms with Gasteiger partial charge in [0.05, 0.1) is 10.2 Å². The van der Waals surface area contributed by atoms with Crippen LogP contribution < -0.4 is 10.1 Å². The number of carbonyl (C=O) groups is 1. The van der Waals surface area contributed by atoms with Crippen LogP contribution in [0.4, 0.5) is 9.52 Å². The molecule has 0 saturated carbocycles. The average molecular weight is 330 g/mol. The molecule has 0 saturated heterocycles. The molecule has 23 heavy (non-hydrogen) atoms. The summed E-state index contributed by atoms with van der Waals surface area (Å²) in [6, 6.07) is 11.8. The third-order valence-corrected chi connectivity index (χ3v) is 4.22. The quantitative estimate of drug-likeness (QED) is 0.782. The van der Waals surface area contributed by atoms with Crippen molar-refractivity contribution < 1.29 is 13.9 Å². The van der Waals surface area contributed by atoms with Gasteiger partial charge in [0.25, 0.3) is 5.91 Å². The van der Waals surface area contributed by atoms with Crippen molar-refractivity contribution >= 4 is 32.6 Å². The van der Waals surface area contributed by atoms with E-state index < -0.39 is 6.10 Å². The highest BCUT2D eigenvalue weighted by molar-refractivity contribution is 7.22. The van der Waals surface area contributed by atoms with Crippen LogP contribution in [0, 0.1) is 12.7 Å². The molecule has 0 radical (unpaired) electrons. The molecular weight excluding hydrogens is 315 g/mol. The van der Waals surface area contributed by atoms with Gasteiger partial charge in [-0.3, -0.25) is 10.1 Å². The fourth-order valence-corrected chi connectivity index (χ4v) is 2.93. The predicted molar refractivity (Wildman–Crippen MR) is 89.5 cm³/mol. The lowest BCUT2D eigenvalue weighted by molar-refractivity contribution is -0.122. The lowest BCUT2D eigenvalue weighted by Gasteiger charge is -2.13. The number of hydrogen-bond acceptors (Lipinski definition) is 4. The number of thiazole rings is 1. The van der Waals surface area contributed by atoms with Gasteiger partial charge in [-0.1, -0.05) is 29.0 Å². The summed E-state index contributed by atoms with van der Waals surface area (Å²) in [5.41, 5.74) is 1.77. The van der Waals surface area contributed by atoms with Crippen LogP contribution in [0.2, 0.25) is 0 Å². The molecule has 0 aliphatic heterocycles. The Labute approximate surface area is 136 Å². The molecule has 0 spiro atoms. The molecule has 1 aromatic heterocycles. The van der Waals surface area contributed by atoms with E-state index in [2.05, 4.69) is 10.3 Å². The largest absolute Gasteiger partial charge is 0.481 e. The second-order valence-corrected chi connectivity index (χ2v) is 6.22. The van der Waals surface area contributed by atoms with Gasteiger partial charge in [-0.05, 0) is 44.2 Å². The van der Waals surface area contributed by atoms with Crippen LogP contribution in [-0.4, -0.2) is 17.0 Å². The normalized spacial score (nSPS) is 12.1. The molecule has 4 nitrogen and oxygen atoms in total. The molecular formula is C17H15FN2O2S. The fraction of sp³-hybridized carbons (Fsp3) is 0.176. The monoisotopic (exact) mass is 330 g/mol. The number of anilines is 1. The number of benzene rings is 2. The maximum Gasteiger partial charge on any atom is 0.266 e. The number of hydrogen-bond donors (Lipinski definition) is 1. The molecule has 6 heteroatoms. The number of aromatic nitrogens is 1. The Hall–Kier alpha value is -2.47. The Kier molecular flexibility index (Phi) is 4.25. The highest BCUT2D eigenvalue weighted by Gasteiger charge is 2.17. The van der Waals surface area contributed by atoms with Crippen LogP contribution >= 0.6 is 11.3 Å². The summed E-state index contributed by atoms with van der Waals surface area (Å²) in [4.78, 5) is 16.4. The van der Waals surface area contributed by atoms with E-state index in [-0.39, 0.29) is 11.7 Å². The number of aryl methyl sites for hydroxylation is 1. The third kappa shape index (κ3) is 3.65. The van der Waals surface area contributed by atoms with Crippen molar-refractivity contribution in [2.24, 2.45) is 0 Å². The van der Waals surface area contributed by atoms with Crippen molar-refractivity contribution in [2.45, 2.75) is 20.0 Å². The summed E-state index contributed by atoms with van der Waals surface area (Å²) < 4.78 is 19.5. The van der Waals surface area contributed by atoms with E-state index in [1.165, 1.54) is 23.5 Å². The number of amides is 1. The van der Waals surface area contributed by atoms with Gasteiger partial charge in [0.1, 0.15) is 11.6 Å². The Morgan fingerprint density at radius 3 is 2.74 bits per heavy atom. The Bertz CT molecular complexity index is 845. The zero-order chi connectivity index (χ0) is 16.4. The highest BCUT2D eigenvalue weighted by Crippen LogP contribution is 2.26. The average Bonchev–Trinajstić information content (AvgIpc) is 2.90. The molecule has 3 rings (SSSR count). The van der Waals surface area contributed by atoms with E-state index in [4.69, 9.17) is 4.74 Å². The standard InChI is InChI=1S/C17H15FN2O2S/c1-10-3-6-13(7-4-10)22-11(2)16(21)20-17-19-14-8-5-12(18)9-15(14)23-17/h3-9,11H,1-2H3,(H,19,20,21). The number of nitrogens with one attached hydrogen (secondary N) is 1. The van der Waals surface area contributed by atoms with Gasteiger partial charge < -0.3 is 4.74 Å². The number of halogens is 1. The first-order chi connectivity index (χ1) is 11.0. The molecule has 1 unspecified atom stereocenters. The fourth-order valence-electron chi connectivity index (χ4n) is 2.03. The number of ether oxygens (including phenoxy) is 1. The third-order valence-electron chi connectivity index (χ3n) is 3.28. The molecule has 1 N–H and O–H groups in total. The van der Waals surface area contributed by atoms with Crippen LogP contribution in [0.1, 0.15) is 12.5 Å². The number of rotatable bonds is 4. The molecule has 1 heterocycles. The van der Waals surface area contributed by atoms with E-state index in [9.17, 15) is 9.18 Å². The first-order valence-corrected chi connectivity index (χ1v) is 7.93. The Morgan fingerprint density at radius 2 is 2.00 bits per heavy atom. The summed E-state index contributed by atoms with van der Waals surface area (Å²) in [5.74, 6) is 0.00447. The van der Waals surface area contributed by atoms with Gasteiger partial charge in [0.2, 0.25) is 0 Å². The molecule has 0 fully saturated rings. The van der Waals surface area contributed by atoms with Crippen LogP contribution in [0.25, 0.3) is 10.2 Å². The van der Waals surface area contributed by atoms with Crippen molar-refractivity contribution in [1.29, 1.82) is 0 Å². The van der Waals surface area contributed by atoms with E-state index in [1.807, 2.05) is 31.2 Å². The van der Waals surface area contributed by atoms with E-state index in [0.717, 1.165) is 5.56 Å². The van der Waals surface area contributed by atoms with E-state index in [0.29, 0.717) is 21.1 Å². The second-order valence-electron chi connectivity index (χ2n) is 5.19. The zero-order valence-corrected chi connectivity index (χ0v) is 13.5. The molecule has 3 aromatic rings. The molecule has 0 aliphatic rings. The van der Waals surface area contributed by atoms with Gasteiger partial charge in [0.15, 0.2) is 11.2 Å². The van der Waals surface area contributed by atoms with E-state index in [1.54, 1.807) is 13.0 Å². The van der Waals surface area contributed by atoms with Crippen LogP contribution in [0.5, 0.6) is 5.75 Å². The van der Waals surface area contributed by atoms with Crippen LogP contribution in [0.3, 0.4) is 0 Å². The van der Waals surface area contributed by atoms with Gasteiger partial charge >= 0.3 is 0 Å². The number of carbonyl (C=O) groups excluding carboxylic acids is 1. The van der Waals surface area contributed by atoms with Gasteiger partial charge in [0, 0.05) is 0 Å². The second kappa shape index (κ2) is 6.34. The van der Waals surface area contributed by atoms with Crippen molar-refractivity contribution in [1.82, 2.24) is 4.98 Å². The maximum absolute atomic E-state index is 13.2. The number of nitrogens with zero attached hydrogens (tertiary/aromatic N) is 1. The maximum atomic E-state index is 13.2. The van der Waals surface area contributed by atoms with Gasteiger partial charge in [-0.15, -0.1) is 0 Å². The minimum absolute atomic E-state index is 0.301. The topological polar surface area (TPSA) is 51.2 Å². The van der Waals surface area contributed by atoms with Gasteiger partial charge in [-0.25, -0.2) is 9.37 Å². The predicted octanol–water partition coefficient (Wildman–Crippen LogP) is 4.15. The first kappa shape index (κ1) is 15.4. The summed E-state index contributed by atoms with van der Waals surface area (Å²) in [6.45, 7) is 3.65. The van der Waals surface area contributed by atoms with Crippen LogP contribution in [0.15, 0.2) is 42.5 Å². The Balaban J connectivity index is 1.68. The summed E-state index contributed by atoms with van der Waals surface area (Å²) in [6.07, 6.45) is -0.665. The molecule has 0 bridgehead atoms. The summed E-state index contributed by atoms with van der Waals surface area (Å²) >= 11 is 1.23. The zero-order valence-electron chi connectivity index (χ0n) is 12.7.